The molecule has 1 saturated heterocycles. The van der Waals surface area contributed by atoms with Gasteiger partial charge in [0.25, 0.3) is 0 Å². The molecule has 4 heteroatoms. The number of amides is 2. The Kier molecular flexibility index (Phi) is 5.28. The van der Waals surface area contributed by atoms with Crippen LogP contribution in [0.4, 0.5) is 0 Å². The van der Waals surface area contributed by atoms with Crippen LogP contribution in [-0.2, 0) is 9.59 Å². The molecule has 1 aliphatic heterocycles. The summed E-state index contributed by atoms with van der Waals surface area (Å²) in [5, 5.41) is 2.92. The molecule has 2 fully saturated rings. The molecule has 1 N–H and O–H groups in total. The van der Waals surface area contributed by atoms with Crippen LogP contribution in [0.25, 0.3) is 0 Å². The number of carbonyl (C=O) groups excluding carboxylic acids is 2. The Morgan fingerprint density at radius 2 is 1.81 bits per heavy atom. The number of rotatable bonds is 4. The van der Waals surface area contributed by atoms with Crippen LogP contribution in [0.2, 0.25) is 0 Å². The van der Waals surface area contributed by atoms with Gasteiger partial charge in [0.1, 0.15) is 12.1 Å². The third kappa shape index (κ3) is 3.24. The molecule has 1 aliphatic carbocycles. The zero-order valence-corrected chi connectivity index (χ0v) is 13.9. The lowest BCUT2D eigenvalue weighted by Gasteiger charge is -2.45. The highest BCUT2D eigenvalue weighted by atomic mass is 16.2. The van der Waals surface area contributed by atoms with Crippen LogP contribution in [0, 0.1) is 11.8 Å². The van der Waals surface area contributed by atoms with Crippen molar-refractivity contribution in [2.45, 2.75) is 84.3 Å². The Hall–Kier alpha value is -1.06. The summed E-state index contributed by atoms with van der Waals surface area (Å²) < 4.78 is 0. The lowest BCUT2D eigenvalue weighted by atomic mass is 9.82. The van der Waals surface area contributed by atoms with Gasteiger partial charge in [0.05, 0.1) is 0 Å². The summed E-state index contributed by atoms with van der Waals surface area (Å²) in [6.07, 6.45) is 7.10. The molecule has 21 heavy (non-hydrogen) atoms. The third-order valence-corrected chi connectivity index (χ3v) is 5.60. The van der Waals surface area contributed by atoms with Gasteiger partial charge >= 0.3 is 0 Å². The third-order valence-electron chi connectivity index (χ3n) is 5.60. The molecule has 1 heterocycles. The van der Waals surface area contributed by atoms with E-state index in [2.05, 4.69) is 19.2 Å². The molecule has 0 radical (unpaired) electrons. The minimum atomic E-state index is -0.343. The minimum absolute atomic E-state index is 0.00237. The van der Waals surface area contributed by atoms with Gasteiger partial charge in [-0.2, -0.15) is 0 Å². The predicted molar refractivity (Wildman–Crippen MR) is 83.7 cm³/mol. The van der Waals surface area contributed by atoms with E-state index in [1.807, 2.05) is 18.7 Å². The first-order chi connectivity index (χ1) is 9.97. The van der Waals surface area contributed by atoms with Gasteiger partial charge in [0.15, 0.2) is 0 Å². The Morgan fingerprint density at radius 1 is 1.19 bits per heavy atom. The molecule has 4 unspecified atom stereocenters. The summed E-state index contributed by atoms with van der Waals surface area (Å²) in [4.78, 5) is 27.0. The highest BCUT2D eigenvalue weighted by molar-refractivity contribution is 5.97. The lowest BCUT2D eigenvalue weighted by Crippen LogP contribution is -2.66. The molecular formula is C17H30N2O2. The summed E-state index contributed by atoms with van der Waals surface area (Å²) >= 11 is 0. The standard InChI is InChI=1S/C17H30N2O2/c1-5-11(2)15-17(21)19(13(4)16(20)18-15)12(3)14-9-7-6-8-10-14/h11-15H,5-10H2,1-4H3,(H,18,20). The van der Waals surface area contributed by atoms with E-state index in [1.165, 1.54) is 32.1 Å². The summed E-state index contributed by atoms with van der Waals surface area (Å²) in [5.41, 5.74) is 0. The van der Waals surface area contributed by atoms with Crippen molar-refractivity contribution in [1.29, 1.82) is 0 Å². The van der Waals surface area contributed by atoms with Gasteiger partial charge in [-0.05, 0) is 38.5 Å². The van der Waals surface area contributed by atoms with Crippen molar-refractivity contribution in [3.63, 3.8) is 0 Å². The topological polar surface area (TPSA) is 49.4 Å². The molecule has 0 bridgehead atoms. The van der Waals surface area contributed by atoms with Crippen LogP contribution >= 0.6 is 0 Å². The number of nitrogens with one attached hydrogen (secondary N) is 1. The van der Waals surface area contributed by atoms with Crippen LogP contribution < -0.4 is 5.32 Å². The maximum absolute atomic E-state index is 12.9. The summed E-state index contributed by atoms with van der Waals surface area (Å²) in [6, 6.07) is -0.509. The molecule has 0 aromatic rings. The quantitative estimate of drug-likeness (QED) is 0.866. The van der Waals surface area contributed by atoms with E-state index in [0.717, 1.165) is 6.42 Å². The zero-order valence-electron chi connectivity index (χ0n) is 13.9. The fourth-order valence-corrected chi connectivity index (χ4v) is 3.83. The molecule has 120 valence electrons. The van der Waals surface area contributed by atoms with E-state index < -0.39 is 0 Å². The highest BCUT2D eigenvalue weighted by Crippen LogP contribution is 2.31. The van der Waals surface area contributed by atoms with Crippen LogP contribution in [0.5, 0.6) is 0 Å². The van der Waals surface area contributed by atoms with E-state index in [9.17, 15) is 9.59 Å². The van der Waals surface area contributed by atoms with Gasteiger partial charge in [-0.3, -0.25) is 9.59 Å². The van der Waals surface area contributed by atoms with Crippen molar-refractivity contribution in [1.82, 2.24) is 10.2 Å². The molecule has 2 rings (SSSR count). The van der Waals surface area contributed by atoms with Gasteiger partial charge in [-0.25, -0.2) is 0 Å². The lowest BCUT2D eigenvalue weighted by molar-refractivity contribution is -0.154. The summed E-state index contributed by atoms with van der Waals surface area (Å²) in [5.74, 6) is 0.862. The van der Waals surface area contributed by atoms with Crippen molar-refractivity contribution in [2.75, 3.05) is 0 Å². The number of nitrogens with zero attached hydrogens (tertiary/aromatic N) is 1. The van der Waals surface area contributed by atoms with Gasteiger partial charge in [0.2, 0.25) is 11.8 Å². The Bertz CT molecular complexity index is 390. The normalized spacial score (nSPS) is 31.0. The van der Waals surface area contributed by atoms with Crippen molar-refractivity contribution < 1.29 is 9.59 Å². The van der Waals surface area contributed by atoms with Gasteiger partial charge in [-0.15, -0.1) is 0 Å². The first-order valence-corrected chi connectivity index (χ1v) is 8.59. The van der Waals surface area contributed by atoms with Gasteiger partial charge in [-0.1, -0.05) is 39.5 Å². The van der Waals surface area contributed by atoms with Crippen molar-refractivity contribution in [3.05, 3.63) is 0 Å². The second kappa shape index (κ2) is 6.80. The molecule has 2 amide bonds. The van der Waals surface area contributed by atoms with Gasteiger partial charge < -0.3 is 10.2 Å². The van der Waals surface area contributed by atoms with E-state index in [1.54, 1.807) is 0 Å². The van der Waals surface area contributed by atoms with E-state index in [0.29, 0.717) is 5.92 Å². The molecule has 4 nitrogen and oxygen atoms in total. The van der Waals surface area contributed by atoms with E-state index in [4.69, 9.17) is 0 Å². The fourth-order valence-electron chi connectivity index (χ4n) is 3.83. The number of piperazine rings is 1. The second-order valence-corrected chi connectivity index (χ2v) is 6.93. The van der Waals surface area contributed by atoms with Gasteiger partial charge in [0, 0.05) is 6.04 Å². The molecular weight excluding hydrogens is 264 g/mol. The summed E-state index contributed by atoms with van der Waals surface area (Å²) in [6.45, 7) is 8.11. The van der Waals surface area contributed by atoms with Crippen molar-refractivity contribution in [2.24, 2.45) is 11.8 Å². The number of hydrogen-bond acceptors (Lipinski definition) is 2. The SMILES string of the molecule is CCC(C)C1NC(=O)C(C)N(C(C)C2CCCCC2)C1=O. The minimum Gasteiger partial charge on any atom is -0.342 e. The van der Waals surface area contributed by atoms with Crippen molar-refractivity contribution >= 4 is 11.8 Å². The largest absolute Gasteiger partial charge is 0.342 e. The molecule has 2 aliphatic rings. The second-order valence-electron chi connectivity index (χ2n) is 6.93. The van der Waals surface area contributed by atoms with Crippen LogP contribution in [-0.4, -0.2) is 34.8 Å². The van der Waals surface area contributed by atoms with E-state index >= 15 is 0 Å². The van der Waals surface area contributed by atoms with Crippen LogP contribution in [0.1, 0.15) is 66.2 Å². The predicted octanol–water partition coefficient (Wildman–Crippen LogP) is 2.72. The fraction of sp³-hybridized carbons (Fsp3) is 0.882. The Labute approximate surface area is 128 Å². The zero-order chi connectivity index (χ0) is 15.6. The first-order valence-electron chi connectivity index (χ1n) is 8.59. The van der Waals surface area contributed by atoms with Crippen molar-refractivity contribution in [3.8, 4) is 0 Å². The average Bonchev–Trinajstić information content (AvgIpc) is 2.51. The maximum atomic E-state index is 12.9. The van der Waals surface area contributed by atoms with E-state index in [-0.39, 0.29) is 35.9 Å². The first kappa shape index (κ1) is 16.3. The maximum Gasteiger partial charge on any atom is 0.246 e. The smallest absolute Gasteiger partial charge is 0.246 e. The molecule has 0 aromatic heterocycles. The number of hydrogen-bond donors (Lipinski definition) is 1. The molecule has 1 saturated carbocycles. The number of carbonyl (C=O) groups is 2. The molecule has 0 spiro atoms. The highest BCUT2D eigenvalue weighted by Gasteiger charge is 2.43. The summed E-state index contributed by atoms with van der Waals surface area (Å²) in [7, 11) is 0. The van der Waals surface area contributed by atoms with Crippen LogP contribution in [0.15, 0.2) is 0 Å². The monoisotopic (exact) mass is 294 g/mol. The molecule has 0 aromatic carbocycles. The van der Waals surface area contributed by atoms with Crippen LogP contribution in [0.3, 0.4) is 0 Å². The Morgan fingerprint density at radius 3 is 2.38 bits per heavy atom. The average molecular weight is 294 g/mol. The Balaban J connectivity index is 2.17. The molecule has 4 atom stereocenters.